The van der Waals surface area contributed by atoms with E-state index in [4.69, 9.17) is 5.73 Å². The Morgan fingerprint density at radius 1 is 1.50 bits per heavy atom. The fraction of sp³-hybridized carbons (Fsp3) is 0.571. The molecule has 0 saturated carbocycles. The number of aromatic nitrogens is 2. The zero-order chi connectivity index (χ0) is 14.1. The van der Waals surface area contributed by atoms with Crippen LogP contribution < -0.4 is 11.1 Å². The Bertz CT molecular complexity index is 609. The Morgan fingerprint density at radius 3 is 3.05 bits per heavy atom. The van der Waals surface area contributed by atoms with Crippen LogP contribution in [0, 0.1) is 5.92 Å². The topological polar surface area (TPSA) is 67.1 Å². The smallest absolute Gasteiger partial charge is 0.223 e. The first kappa shape index (κ1) is 13.6. The van der Waals surface area contributed by atoms with Crippen molar-refractivity contribution in [1.82, 2.24) is 14.9 Å². The number of likely N-dealkylation sites (tertiary alicyclic amines) is 1. The molecule has 108 valence electrons. The molecule has 0 bridgehead atoms. The van der Waals surface area contributed by atoms with Crippen molar-refractivity contribution in [3.05, 3.63) is 10.9 Å². The van der Waals surface area contributed by atoms with Crippen LogP contribution in [0.5, 0.6) is 0 Å². The van der Waals surface area contributed by atoms with Gasteiger partial charge in [0, 0.05) is 18.0 Å². The number of rotatable bonds is 4. The summed E-state index contributed by atoms with van der Waals surface area (Å²) in [5, 5.41) is 4.58. The van der Waals surface area contributed by atoms with Gasteiger partial charge in [0.05, 0.1) is 5.39 Å². The highest BCUT2D eigenvalue weighted by molar-refractivity contribution is 7.18. The van der Waals surface area contributed by atoms with Crippen LogP contribution in [0.3, 0.4) is 0 Å². The van der Waals surface area contributed by atoms with Gasteiger partial charge in [-0.05, 0) is 38.4 Å². The number of anilines is 2. The second-order valence-electron chi connectivity index (χ2n) is 5.51. The van der Waals surface area contributed by atoms with Crippen molar-refractivity contribution in [3.8, 4) is 0 Å². The predicted octanol–water partition coefficient (Wildman–Crippen LogP) is 2.20. The maximum atomic E-state index is 5.82. The first-order valence-corrected chi connectivity index (χ1v) is 7.95. The Hall–Kier alpha value is -1.40. The van der Waals surface area contributed by atoms with Gasteiger partial charge in [0.1, 0.15) is 10.6 Å². The van der Waals surface area contributed by atoms with E-state index in [1.54, 1.807) is 11.3 Å². The van der Waals surface area contributed by atoms with E-state index in [-0.39, 0.29) is 0 Å². The molecule has 2 aromatic heterocycles. The van der Waals surface area contributed by atoms with Gasteiger partial charge in [-0.3, -0.25) is 0 Å². The molecular weight excluding hydrogens is 270 g/mol. The van der Waals surface area contributed by atoms with Crippen molar-refractivity contribution >= 4 is 33.3 Å². The van der Waals surface area contributed by atoms with Gasteiger partial charge >= 0.3 is 0 Å². The largest absolute Gasteiger partial charge is 0.369 e. The number of nitrogens with zero attached hydrogens (tertiary/aromatic N) is 3. The van der Waals surface area contributed by atoms with Gasteiger partial charge in [-0.2, -0.15) is 4.98 Å². The number of aryl methyl sites for hydroxylation is 1. The van der Waals surface area contributed by atoms with Gasteiger partial charge in [-0.25, -0.2) is 4.98 Å². The van der Waals surface area contributed by atoms with Gasteiger partial charge in [0.15, 0.2) is 0 Å². The SMILES string of the molecule is CCc1cc2c(NCC3CCN(C)C3)nc(N)nc2s1. The van der Waals surface area contributed by atoms with Crippen molar-refractivity contribution in [1.29, 1.82) is 0 Å². The highest BCUT2D eigenvalue weighted by Gasteiger charge is 2.19. The molecule has 0 aromatic carbocycles. The van der Waals surface area contributed by atoms with E-state index in [0.717, 1.165) is 35.5 Å². The molecule has 0 radical (unpaired) electrons. The summed E-state index contributed by atoms with van der Waals surface area (Å²) in [5.74, 6) is 1.93. The van der Waals surface area contributed by atoms with Crippen LogP contribution >= 0.6 is 11.3 Å². The minimum atomic E-state index is 0.355. The number of hydrogen-bond acceptors (Lipinski definition) is 6. The summed E-state index contributed by atoms with van der Waals surface area (Å²) in [6.45, 7) is 5.45. The zero-order valence-corrected chi connectivity index (χ0v) is 12.8. The van der Waals surface area contributed by atoms with Crippen LogP contribution in [-0.4, -0.2) is 41.5 Å². The molecule has 3 rings (SSSR count). The monoisotopic (exact) mass is 291 g/mol. The molecule has 1 atom stereocenters. The molecule has 1 saturated heterocycles. The number of nitrogens with two attached hydrogens (primary N) is 1. The lowest BCUT2D eigenvalue weighted by Crippen LogP contribution is -2.19. The van der Waals surface area contributed by atoms with E-state index in [0.29, 0.717) is 11.9 Å². The van der Waals surface area contributed by atoms with Crippen LogP contribution in [0.4, 0.5) is 11.8 Å². The maximum Gasteiger partial charge on any atom is 0.223 e. The molecule has 1 fully saturated rings. The van der Waals surface area contributed by atoms with Gasteiger partial charge in [0.2, 0.25) is 5.95 Å². The fourth-order valence-corrected chi connectivity index (χ4v) is 3.70. The number of fused-ring (bicyclic) bond motifs is 1. The summed E-state index contributed by atoms with van der Waals surface area (Å²) in [6.07, 6.45) is 2.27. The third kappa shape index (κ3) is 2.71. The quantitative estimate of drug-likeness (QED) is 0.904. The molecule has 3 heterocycles. The Morgan fingerprint density at radius 2 is 2.35 bits per heavy atom. The lowest BCUT2D eigenvalue weighted by Gasteiger charge is -2.12. The highest BCUT2D eigenvalue weighted by atomic mass is 32.1. The van der Waals surface area contributed by atoms with Gasteiger partial charge in [-0.1, -0.05) is 6.92 Å². The second-order valence-corrected chi connectivity index (χ2v) is 6.63. The van der Waals surface area contributed by atoms with Crippen LogP contribution in [0.2, 0.25) is 0 Å². The van der Waals surface area contributed by atoms with Crippen molar-refractivity contribution in [2.24, 2.45) is 5.92 Å². The van der Waals surface area contributed by atoms with Crippen LogP contribution in [0.1, 0.15) is 18.2 Å². The molecule has 0 aliphatic carbocycles. The van der Waals surface area contributed by atoms with Crippen LogP contribution in [-0.2, 0) is 6.42 Å². The average Bonchev–Trinajstić information content (AvgIpc) is 3.01. The molecule has 0 amide bonds. The van der Waals surface area contributed by atoms with Crippen molar-refractivity contribution in [2.75, 3.05) is 37.7 Å². The summed E-state index contributed by atoms with van der Waals surface area (Å²) in [6, 6.07) is 2.18. The van der Waals surface area contributed by atoms with E-state index in [1.807, 2.05) is 0 Å². The Labute approximate surface area is 123 Å². The van der Waals surface area contributed by atoms with E-state index >= 15 is 0 Å². The highest BCUT2D eigenvalue weighted by Crippen LogP contribution is 2.30. The summed E-state index contributed by atoms with van der Waals surface area (Å²) in [7, 11) is 2.17. The molecule has 3 N–H and O–H groups in total. The van der Waals surface area contributed by atoms with Crippen molar-refractivity contribution < 1.29 is 0 Å². The Balaban J connectivity index is 1.81. The first-order chi connectivity index (χ1) is 9.65. The first-order valence-electron chi connectivity index (χ1n) is 7.14. The van der Waals surface area contributed by atoms with Crippen molar-refractivity contribution in [3.63, 3.8) is 0 Å². The average molecular weight is 291 g/mol. The third-order valence-corrected chi connectivity index (χ3v) is 5.03. The van der Waals surface area contributed by atoms with Crippen LogP contribution in [0.25, 0.3) is 10.2 Å². The molecule has 0 spiro atoms. The van der Waals surface area contributed by atoms with Gasteiger partial charge in [-0.15, -0.1) is 11.3 Å². The van der Waals surface area contributed by atoms with E-state index in [2.05, 4.69) is 40.2 Å². The number of hydrogen-bond donors (Lipinski definition) is 2. The molecule has 20 heavy (non-hydrogen) atoms. The molecular formula is C14H21N5S. The number of nitrogens with one attached hydrogen (secondary N) is 1. The fourth-order valence-electron chi connectivity index (χ4n) is 2.73. The zero-order valence-electron chi connectivity index (χ0n) is 12.0. The standard InChI is InChI=1S/C14H21N5S/c1-3-10-6-11-12(17-14(15)18-13(11)20-10)16-7-9-4-5-19(2)8-9/h6,9H,3-5,7-8H2,1-2H3,(H3,15,16,17,18). The molecule has 6 heteroatoms. The molecule has 5 nitrogen and oxygen atoms in total. The normalized spacial score (nSPS) is 19.8. The van der Waals surface area contributed by atoms with Gasteiger partial charge < -0.3 is 16.0 Å². The molecule has 1 aliphatic heterocycles. The van der Waals surface area contributed by atoms with E-state index in [1.165, 1.54) is 17.8 Å². The summed E-state index contributed by atoms with van der Waals surface area (Å²) < 4.78 is 0. The molecule has 2 aromatic rings. The lowest BCUT2D eigenvalue weighted by atomic mass is 10.1. The summed E-state index contributed by atoms with van der Waals surface area (Å²) in [5.41, 5.74) is 5.82. The Kier molecular flexibility index (Phi) is 3.76. The van der Waals surface area contributed by atoms with Crippen LogP contribution in [0.15, 0.2) is 6.07 Å². The van der Waals surface area contributed by atoms with E-state index < -0.39 is 0 Å². The molecule has 1 unspecified atom stereocenters. The van der Waals surface area contributed by atoms with E-state index in [9.17, 15) is 0 Å². The molecule has 1 aliphatic rings. The van der Waals surface area contributed by atoms with Gasteiger partial charge in [0.25, 0.3) is 0 Å². The second kappa shape index (κ2) is 5.54. The number of nitrogen functional groups attached to an aromatic ring is 1. The summed E-state index contributed by atoms with van der Waals surface area (Å²) >= 11 is 1.70. The minimum Gasteiger partial charge on any atom is -0.369 e. The van der Waals surface area contributed by atoms with Crippen molar-refractivity contribution in [2.45, 2.75) is 19.8 Å². The maximum absolute atomic E-state index is 5.82. The summed E-state index contributed by atoms with van der Waals surface area (Å²) in [4.78, 5) is 13.4. The predicted molar refractivity (Wildman–Crippen MR) is 85.3 cm³/mol. The lowest BCUT2D eigenvalue weighted by molar-refractivity contribution is 0.399. The minimum absolute atomic E-state index is 0.355. The third-order valence-electron chi connectivity index (χ3n) is 3.86. The number of thiophene rings is 1.